The fourth-order valence-electron chi connectivity index (χ4n) is 6.40. The number of allylic oxidation sites excluding steroid dienone is 2. The van der Waals surface area contributed by atoms with Gasteiger partial charge < -0.3 is 25.2 Å². The van der Waals surface area contributed by atoms with Crippen molar-refractivity contribution in [3.63, 3.8) is 0 Å². The van der Waals surface area contributed by atoms with Crippen molar-refractivity contribution in [1.29, 1.82) is 0 Å². The standard InChI is InChI=1S/C36H64N2O6/c1-6-7-8-9-10-11-12-13-14-15-16-17-18-19-20-21-31(39)38-29-24-22-28(23-25-29)30(34(41)42)26-37-33(40)32-35(2,3)27-43-36(4,5)44-32/h13-14,28-30,32H,6-12,15-27H2,1-5H3,(H,37,40)(H,38,39)(H,41,42)/b14-13-. The van der Waals surface area contributed by atoms with Crippen molar-refractivity contribution >= 4 is 17.8 Å². The summed E-state index contributed by atoms with van der Waals surface area (Å²) in [6.45, 7) is 10.1. The Hall–Kier alpha value is -1.93. The predicted molar refractivity (Wildman–Crippen MR) is 176 cm³/mol. The van der Waals surface area contributed by atoms with E-state index in [0.717, 1.165) is 44.9 Å². The number of amides is 2. The second-order valence-corrected chi connectivity index (χ2v) is 14.4. The van der Waals surface area contributed by atoms with E-state index in [0.29, 0.717) is 13.0 Å². The zero-order chi connectivity index (χ0) is 32.4. The Morgan fingerprint density at radius 2 is 1.41 bits per heavy atom. The number of unbranched alkanes of at least 4 members (excludes halogenated alkanes) is 11. The summed E-state index contributed by atoms with van der Waals surface area (Å²) in [6, 6.07) is 0.101. The van der Waals surface area contributed by atoms with E-state index in [1.54, 1.807) is 13.8 Å². The van der Waals surface area contributed by atoms with Crippen molar-refractivity contribution in [2.75, 3.05) is 13.2 Å². The third kappa shape index (κ3) is 14.9. The average Bonchev–Trinajstić information content (AvgIpc) is 2.97. The van der Waals surface area contributed by atoms with Crippen LogP contribution in [0.1, 0.15) is 150 Å². The molecular weight excluding hydrogens is 556 g/mol. The van der Waals surface area contributed by atoms with Gasteiger partial charge in [0, 0.05) is 24.4 Å². The molecule has 2 rings (SSSR count). The Labute approximate surface area is 267 Å². The molecule has 0 bridgehead atoms. The number of carbonyl (C=O) groups is 3. The van der Waals surface area contributed by atoms with Gasteiger partial charge in [-0.05, 0) is 77.6 Å². The maximum Gasteiger partial charge on any atom is 0.308 e. The van der Waals surface area contributed by atoms with E-state index in [1.807, 2.05) is 13.8 Å². The topological polar surface area (TPSA) is 114 Å². The largest absolute Gasteiger partial charge is 0.481 e. The molecule has 44 heavy (non-hydrogen) atoms. The maximum atomic E-state index is 13.0. The minimum Gasteiger partial charge on any atom is -0.481 e. The van der Waals surface area contributed by atoms with E-state index in [4.69, 9.17) is 9.47 Å². The van der Waals surface area contributed by atoms with Gasteiger partial charge in [-0.15, -0.1) is 0 Å². The highest BCUT2D eigenvalue weighted by atomic mass is 16.7. The predicted octanol–water partition coefficient (Wildman–Crippen LogP) is 7.69. The van der Waals surface area contributed by atoms with Crippen LogP contribution in [0.3, 0.4) is 0 Å². The van der Waals surface area contributed by atoms with Crippen LogP contribution >= 0.6 is 0 Å². The van der Waals surface area contributed by atoms with Crippen LogP contribution in [0, 0.1) is 17.3 Å². The lowest BCUT2D eigenvalue weighted by molar-refractivity contribution is -0.304. The van der Waals surface area contributed by atoms with Gasteiger partial charge in [0.1, 0.15) is 6.10 Å². The van der Waals surface area contributed by atoms with Crippen molar-refractivity contribution in [3.8, 4) is 0 Å². The Kier molecular flexibility index (Phi) is 17.6. The minimum absolute atomic E-state index is 0.0357. The molecule has 0 spiro atoms. The van der Waals surface area contributed by atoms with Gasteiger partial charge in [-0.2, -0.15) is 0 Å². The Bertz CT molecular complexity index is 878. The molecule has 0 aromatic heterocycles. The van der Waals surface area contributed by atoms with Gasteiger partial charge in [0.25, 0.3) is 0 Å². The van der Waals surface area contributed by atoms with Crippen LogP contribution in [-0.4, -0.2) is 54.0 Å². The molecule has 2 atom stereocenters. The molecule has 0 aromatic carbocycles. The molecule has 8 nitrogen and oxygen atoms in total. The number of hydrogen-bond donors (Lipinski definition) is 3. The van der Waals surface area contributed by atoms with E-state index in [9.17, 15) is 19.5 Å². The first kappa shape index (κ1) is 38.3. The lowest BCUT2D eigenvalue weighted by atomic mass is 9.78. The van der Waals surface area contributed by atoms with Crippen LogP contribution in [0.2, 0.25) is 0 Å². The molecule has 1 saturated heterocycles. The maximum absolute atomic E-state index is 13.0. The quantitative estimate of drug-likeness (QED) is 0.0895. The number of carboxylic acid groups (broad SMARTS) is 1. The second-order valence-electron chi connectivity index (χ2n) is 14.4. The van der Waals surface area contributed by atoms with Gasteiger partial charge in [-0.1, -0.05) is 84.3 Å². The summed E-state index contributed by atoms with van der Waals surface area (Å²) >= 11 is 0. The number of aliphatic carboxylic acids is 1. The summed E-state index contributed by atoms with van der Waals surface area (Å²) in [7, 11) is 0. The first-order chi connectivity index (χ1) is 20.9. The zero-order valence-corrected chi connectivity index (χ0v) is 28.6. The van der Waals surface area contributed by atoms with Crippen molar-refractivity contribution in [2.24, 2.45) is 17.3 Å². The van der Waals surface area contributed by atoms with Crippen molar-refractivity contribution in [1.82, 2.24) is 10.6 Å². The molecule has 2 unspecified atom stereocenters. The highest BCUT2D eigenvalue weighted by molar-refractivity contribution is 5.82. The number of rotatable bonds is 21. The molecule has 1 aliphatic heterocycles. The van der Waals surface area contributed by atoms with Crippen LogP contribution in [0.25, 0.3) is 0 Å². The molecule has 1 saturated carbocycles. The molecule has 2 fully saturated rings. The monoisotopic (exact) mass is 620 g/mol. The molecule has 1 aliphatic carbocycles. The van der Waals surface area contributed by atoms with Gasteiger partial charge in [0.05, 0.1) is 12.5 Å². The van der Waals surface area contributed by atoms with Crippen LogP contribution in [-0.2, 0) is 23.9 Å². The Morgan fingerprint density at radius 3 is 2.00 bits per heavy atom. The summed E-state index contributed by atoms with van der Waals surface area (Å²) in [5, 5.41) is 16.0. The fraction of sp³-hybridized carbons (Fsp3) is 0.861. The third-order valence-electron chi connectivity index (χ3n) is 9.33. The summed E-state index contributed by atoms with van der Waals surface area (Å²) < 4.78 is 11.6. The van der Waals surface area contributed by atoms with Crippen LogP contribution in [0.5, 0.6) is 0 Å². The first-order valence-corrected chi connectivity index (χ1v) is 17.7. The summed E-state index contributed by atoms with van der Waals surface area (Å²) in [5.41, 5.74) is -0.515. The first-order valence-electron chi connectivity index (χ1n) is 17.7. The van der Waals surface area contributed by atoms with Gasteiger partial charge in [0.15, 0.2) is 5.79 Å². The highest BCUT2D eigenvalue weighted by Crippen LogP contribution is 2.35. The Balaban J connectivity index is 1.56. The van der Waals surface area contributed by atoms with Crippen molar-refractivity contribution in [3.05, 3.63) is 12.2 Å². The molecule has 254 valence electrons. The number of hydrogen-bond acceptors (Lipinski definition) is 5. The molecule has 1 heterocycles. The normalized spacial score (nSPS) is 23.7. The molecule has 2 aliphatic rings. The lowest BCUT2D eigenvalue weighted by Crippen LogP contribution is -2.57. The van der Waals surface area contributed by atoms with E-state index in [-0.39, 0.29) is 30.3 Å². The molecular formula is C36H64N2O6. The van der Waals surface area contributed by atoms with Gasteiger partial charge in [-0.25, -0.2) is 0 Å². The molecule has 2 amide bonds. The average molecular weight is 621 g/mol. The third-order valence-corrected chi connectivity index (χ3v) is 9.33. The van der Waals surface area contributed by atoms with Crippen LogP contribution < -0.4 is 10.6 Å². The summed E-state index contributed by atoms with van der Waals surface area (Å²) in [4.78, 5) is 37.6. The number of carbonyl (C=O) groups excluding carboxylic acids is 2. The number of ether oxygens (including phenoxy) is 2. The van der Waals surface area contributed by atoms with Gasteiger partial charge in [0.2, 0.25) is 11.8 Å². The number of carboxylic acids is 1. The highest BCUT2D eigenvalue weighted by Gasteiger charge is 2.46. The van der Waals surface area contributed by atoms with Crippen LogP contribution in [0.15, 0.2) is 12.2 Å². The molecule has 0 radical (unpaired) electrons. The minimum atomic E-state index is -0.894. The molecule has 0 aromatic rings. The van der Waals surface area contributed by atoms with E-state index in [2.05, 4.69) is 29.7 Å². The van der Waals surface area contributed by atoms with E-state index >= 15 is 0 Å². The van der Waals surface area contributed by atoms with Crippen LogP contribution in [0.4, 0.5) is 0 Å². The molecule has 8 heteroatoms. The zero-order valence-electron chi connectivity index (χ0n) is 28.6. The smallest absolute Gasteiger partial charge is 0.308 e. The Morgan fingerprint density at radius 1 is 0.841 bits per heavy atom. The van der Waals surface area contributed by atoms with Gasteiger partial charge in [-0.3, -0.25) is 14.4 Å². The summed E-state index contributed by atoms with van der Waals surface area (Å²) in [6.07, 6.45) is 23.6. The summed E-state index contributed by atoms with van der Waals surface area (Å²) in [5.74, 6) is -2.65. The van der Waals surface area contributed by atoms with Gasteiger partial charge >= 0.3 is 5.97 Å². The lowest BCUT2D eigenvalue weighted by Gasteiger charge is -2.44. The molecule has 3 N–H and O–H groups in total. The second kappa shape index (κ2) is 20.2. The van der Waals surface area contributed by atoms with Crippen molar-refractivity contribution < 1.29 is 29.0 Å². The van der Waals surface area contributed by atoms with E-state index in [1.165, 1.54) is 64.2 Å². The van der Waals surface area contributed by atoms with Crippen molar-refractivity contribution in [2.45, 2.75) is 168 Å². The fourth-order valence-corrected chi connectivity index (χ4v) is 6.40. The SMILES string of the molecule is CCCCCCCC/C=C\CCCCCCCC(=O)NC1CCC(C(CNC(=O)C2OC(C)(C)OCC2(C)C)C(=O)O)CC1. The van der Waals surface area contributed by atoms with E-state index < -0.39 is 29.2 Å². The number of nitrogens with one attached hydrogen (secondary N) is 2.